The number of guanidine groups is 1. The summed E-state index contributed by atoms with van der Waals surface area (Å²) in [6.07, 6.45) is 3.06. The first-order valence-corrected chi connectivity index (χ1v) is 11.7. The van der Waals surface area contributed by atoms with Crippen molar-refractivity contribution in [1.29, 1.82) is 0 Å². The molecule has 0 spiro atoms. The maximum absolute atomic E-state index is 11.5. The van der Waals surface area contributed by atoms with Crippen molar-refractivity contribution >= 4 is 15.8 Å². The summed E-state index contributed by atoms with van der Waals surface area (Å²) in [6.45, 7) is 6.51. The largest absolute Gasteiger partial charge is 0.357 e. The highest BCUT2D eigenvalue weighted by molar-refractivity contribution is 7.90. The lowest BCUT2D eigenvalue weighted by Crippen LogP contribution is -2.38. The highest BCUT2D eigenvalue weighted by Crippen LogP contribution is 2.19. The first kappa shape index (κ1) is 22.0. The molecule has 0 saturated carbocycles. The smallest absolute Gasteiger partial charge is 0.191 e. The summed E-state index contributed by atoms with van der Waals surface area (Å²) in [4.78, 5) is 5.11. The van der Waals surface area contributed by atoms with Crippen LogP contribution in [0.1, 0.15) is 37.3 Å². The number of sulfone groups is 1. The van der Waals surface area contributed by atoms with Crippen LogP contribution in [0.3, 0.4) is 0 Å². The van der Waals surface area contributed by atoms with Crippen molar-refractivity contribution in [2.45, 2.75) is 37.5 Å². The van der Waals surface area contributed by atoms with Gasteiger partial charge in [-0.15, -0.1) is 0 Å². The van der Waals surface area contributed by atoms with Crippen LogP contribution in [0, 0.1) is 0 Å². The molecule has 28 heavy (non-hydrogen) atoms. The average molecular weight is 402 g/mol. The predicted molar refractivity (Wildman–Crippen MR) is 117 cm³/mol. The quantitative estimate of drug-likeness (QED) is 0.499. The van der Waals surface area contributed by atoms with E-state index in [1.165, 1.54) is 11.8 Å². The van der Waals surface area contributed by atoms with Gasteiger partial charge in [-0.25, -0.2) is 8.42 Å². The van der Waals surface area contributed by atoms with Gasteiger partial charge in [0.05, 0.1) is 4.90 Å². The first-order valence-electron chi connectivity index (χ1n) is 9.80. The third kappa shape index (κ3) is 7.00. The Morgan fingerprint density at radius 3 is 2.25 bits per heavy atom. The van der Waals surface area contributed by atoms with Crippen molar-refractivity contribution in [3.05, 3.63) is 65.7 Å². The van der Waals surface area contributed by atoms with Crippen LogP contribution in [0.2, 0.25) is 0 Å². The Morgan fingerprint density at radius 2 is 1.68 bits per heavy atom. The fourth-order valence-corrected chi connectivity index (χ4v) is 3.60. The summed E-state index contributed by atoms with van der Waals surface area (Å²) in [5.41, 5.74) is 2.40. The summed E-state index contributed by atoms with van der Waals surface area (Å²) in [5, 5.41) is 6.65. The third-order valence-electron chi connectivity index (χ3n) is 4.64. The van der Waals surface area contributed by atoms with Crippen LogP contribution < -0.4 is 10.6 Å². The van der Waals surface area contributed by atoms with E-state index in [-0.39, 0.29) is 0 Å². The molecule has 0 fully saturated rings. The van der Waals surface area contributed by atoms with Gasteiger partial charge in [0.15, 0.2) is 15.8 Å². The molecule has 2 rings (SSSR count). The Hall–Kier alpha value is -2.34. The van der Waals surface area contributed by atoms with Gasteiger partial charge >= 0.3 is 0 Å². The zero-order valence-corrected chi connectivity index (χ0v) is 17.8. The molecule has 1 unspecified atom stereocenters. The van der Waals surface area contributed by atoms with Crippen LogP contribution in [0.25, 0.3) is 0 Å². The van der Waals surface area contributed by atoms with Crippen molar-refractivity contribution in [3.63, 3.8) is 0 Å². The van der Waals surface area contributed by atoms with Gasteiger partial charge in [0.25, 0.3) is 0 Å². The molecule has 0 aliphatic heterocycles. The molecular formula is C22H31N3O2S. The zero-order valence-electron chi connectivity index (χ0n) is 17.0. The number of benzene rings is 2. The summed E-state index contributed by atoms with van der Waals surface area (Å²) in [6, 6.07) is 17.5. The van der Waals surface area contributed by atoms with Gasteiger partial charge in [-0.05, 0) is 43.0 Å². The molecule has 0 amide bonds. The minimum Gasteiger partial charge on any atom is -0.357 e. The second kappa shape index (κ2) is 10.9. The molecule has 0 aromatic heterocycles. The van der Waals surface area contributed by atoms with E-state index in [1.54, 1.807) is 12.1 Å². The van der Waals surface area contributed by atoms with Crippen LogP contribution in [-0.2, 0) is 16.3 Å². The predicted octanol–water partition coefficient (Wildman–Crippen LogP) is 3.38. The van der Waals surface area contributed by atoms with E-state index in [0.29, 0.717) is 10.8 Å². The fourth-order valence-electron chi connectivity index (χ4n) is 2.97. The van der Waals surface area contributed by atoms with Crippen LogP contribution in [0.4, 0.5) is 0 Å². The zero-order chi connectivity index (χ0) is 20.4. The van der Waals surface area contributed by atoms with Gasteiger partial charge in [0.2, 0.25) is 0 Å². The van der Waals surface area contributed by atoms with Crippen LogP contribution in [0.5, 0.6) is 0 Å². The lowest BCUT2D eigenvalue weighted by atomic mass is 9.97. The number of hydrogen-bond donors (Lipinski definition) is 2. The molecule has 5 nitrogen and oxygen atoms in total. The SMILES string of the molecule is CCNC(=NCC(CC)c1ccccc1)NCCc1ccc(S(C)(=O)=O)cc1. The lowest BCUT2D eigenvalue weighted by Gasteiger charge is -2.15. The molecule has 2 aromatic rings. The highest BCUT2D eigenvalue weighted by Gasteiger charge is 2.09. The Kier molecular flexibility index (Phi) is 8.51. The normalized spacial score (nSPS) is 13.2. The van der Waals surface area contributed by atoms with Gasteiger partial charge in [-0.2, -0.15) is 0 Å². The van der Waals surface area contributed by atoms with Crippen molar-refractivity contribution in [2.24, 2.45) is 4.99 Å². The van der Waals surface area contributed by atoms with E-state index in [1.807, 2.05) is 18.2 Å². The topological polar surface area (TPSA) is 70.6 Å². The second-order valence-corrected chi connectivity index (χ2v) is 8.84. The summed E-state index contributed by atoms with van der Waals surface area (Å²) in [7, 11) is -3.15. The number of nitrogens with zero attached hydrogens (tertiary/aromatic N) is 1. The number of aliphatic imine (C=N–C) groups is 1. The maximum Gasteiger partial charge on any atom is 0.191 e. The highest BCUT2D eigenvalue weighted by atomic mass is 32.2. The van der Waals surface area contributed by atoms with Gasteiger partial charge in [-0.3, -0.25) is 4.99 Å². The van der Waals surface area contributed by atoms with Crippen molar-refractivity contribution in [3.8, 4) is 0 Å². The van der Waals surface area contributed by atoms with E-state index in [4.69, 9.17) is 4.99 Å². The summed E-state index contributed by atoms with van der Waals surface area (Å²) in [5.74, 6) is 1.21. The average Bonchev–Trinajstić information content (AvgIpc) is 2.69. The Bertz CT molecular complexity index is 847. The minimum atomic E-state index is -3.15. The molecule has 0 bridgehead atoms. The number of nitrogens with one attached hydrogen (secondary N) is 2. The summed E-state index contributed by atoms with van der Waals surface area (Å²) >= 11 is 0. The van der Waals surface area contributed by atoms with Gasteiger partial charge in [0, 0.05) is 31.8 Å². The second-order valence-electron chi connectivity index (χ2n) is 6.83. The minimum absolute atomic E-state index is 0.352. The molecule has 2 aromatic carbocycles. The number of hydrogen-bond acceptors (Lipinski definition) is 3. The standard InChI is InChI=1S/C22H31N3O2S/c1-4-19(20-9-7-6-8-10-20)17-25-22(23-5-2)24-16-15-18-11-13-21(14-12-18)28(3,26)27/h6-14,19H,4-5,15-17H2,1-3H3,(H2,23,24,25). The molecule has 0 saturated heterocycles. The summed E-state index contributed by atoms with van der Waals surface area (Å²) < 4.78 is 23.1. The maximum atomic E-state index is 11.5. The van der Waals surface area contributed by atoms with Gasteiger partial charge in [0.1, 0.15) is 0 Å². The number of rotatable bonds is 9. The van der Waals surface area contributed by atoms with Crippen molar-refractivity contribution in [1.82, 2.24) is 10.6 Å². The molecule has 0 radical (unpaired) electrons. The molecule has 2 N–H and O–H groups in total. The molecule has 0 aliphatic rings. The van der Waals surface area contributed by atoms with E-state index in [2.05, 4.69) is 48.7 Å². The monoisotopic (exact) mass is 401 g/mol. The van der Waals surface area contributed by atoms with E-state index >= 15 is 0 Å². The Morgan fingerprint density at radius 1 is 1.00 bits per heavy atom. The lowest BCUT2D eigenvalue weighted by molar-refractivity contribution is 0.602. The third-order valence-corrected chi connectivity index (χ3v) is 5.76. The fraction of sp³-hybridized carbons (Fsp3) is 0.409. The molecule has 6 heteroatoms. The molecular weight excluding hydrogens is 370 g/mol. The first-order chi connectivity index (χ1) is 13.4. The Balaban J connectivity index is 1.92. The van der Waals surface area contributed by atoms with Crippen molar-refractivity contribution in [2.75, 3.05) is 25.9 Å². The van der Waals surface area contributed by atoms with Gasteiger partial charge in [-0.1, -0.05) is 49.4 Å². The van der Waals surface area contributed by atoms with Crippen LogP contribution in [0.15, 0.2) is 64.5 Å². The van der Waals surface area contributed by atoms with Crippen LogP contribution in [-0.4, -0.2) is 40.3 Å². The Labute approximate surface area is 169 Å². The van der Waals surface area contributed by atoms with E-state index in [9.17, 15) is 8.42 Å². The molecule has 0 aliphatic carbocycles. The van der Waals surface area contributed by atoms with Crippen molar-refractivity contribution < 1.29 is 8.42 Å². The molecule has 0 heterocycles. The molecule has 1 atom stereocenters. The van der Waals surface area contributed by atoms with E-state index < -0.39 is 9.84 Å². The molecule has 152 valence electrons. The van der Waals surface area contributed by atoms with Gasteiger partial charge < -0.3 is 10.6 Å². The van der Waals surface area contributed by atoms with E-state index in [0.717, 1.165) is 44.0 Å². The van der Waals surface area contributed by atoms with Crippen LogP contribution >= 0.6 is 0 Å².